The molecule has 0 aromatic heterocycles. The SMILES string of the molecule is CCCCCCCCCCC(O)[C@H]1C=C[C@H]2C(=O)N(c3ccc(CN)cc3)C(=O)[C@H]2N1Nc1ccc([N+](=O)[O-])cc1.Cl. The number of nitro groups is 1. The largest absolute Gasteiger partial charge is 0.391 e. The summed E-state index contributed by atoms with van der Waals surface area (Å²) in [5, 5.41) is 24.1. The van der Waals surface area contributed by atoms with Gasteiger partial charge in [0.2, 0.25) is 5.91 Å². The van der Waals surface area contributed by atoms with Crippen LogP contribution in [-0.2, 0) is 16.1 Å². The van der Waals surface area contributed by atoms with Gasteiger partial charge in [0.15, 0.2) is 0 Å². The number of carbonyl (C=O) groups excluding carboxylic acids is 2. The number of hydrogen-bond donors (Lipinski definition) is 3. The van der Waals surface area contributed by atoms with Gasteiger partial charge < -0.3 is 16.3 Å². The van der Waals surface area contributed by atoms with E-state index in [4.69, 9.17) is 5.73 Å². The molecule has 228 valence electrons. The molecule has 4 N–H and O–H groups in total. The fraction of sp³-hybridized carbons (Fsp3) is 0.484. The molecule has 0 bridgehead atoms. The minimum absolute atomic E-state index is 0. The lowest BCUT2D eigenvalue weighted by atomic mass is 9.91. The van der Waals surface area contributed by atoms with E-state index in [0.29, 0.717) is 24.3 Å². The zero-order valence-corrected chi connectivity index (χ0v) is 24.9. The molecule has 2 aromatic rings. The Balaban J connectivity index is 0.00000484. The van der Waals surface area contributed by atoms with Gasteiger partial charge in [0.1, 0.15) is 6.04 Å². The number of benzene rings is 2. The summed E-state index contributed by atoms with van der Waals surface area (Å²) in [5.74, 6) is -1.49. The van der Waals surface area contributed by atoms with Crippen molar-refractivity contribution in [3.63, 3.8) is 0 Å². The second kappa shape index (κ2) is 15.8. The van der Waals surface area contributed by atoms with E-state index in [1.54, 1.807) is 53.6 Å². The van der Waals surface area contributed by atoms with Crippen LogP contribution in [0.25, 0.3) is 0 Å². The molecule has 0 aliphatic carbocycles. The summed E-state index contributed by atoms with van der Waals surface area (Å²) < 4.78 is 0. The van der Waals surface area contributed by atoms with Crippen molar-refractivity contribution in [2.24, 2.45) is 11.7 Å². The van der Waals surface area contributed by atoms with Crippen LogP contribution in [0.1, 0.15) is 70.3 Å². The predicted octanol–water partition coefficient (Wildman–Crippen LogP) is 5.49. The minimum Gasteiger partial charge on any atom is -0.391 e. The Hall–Kier alpha value is -3.31. The molecule has 42 heavy (non-hydrogen) atoms. The molecule has 10 nitrogen and oxygen atoms in total. The second-order valence-electron chi connectivity index (χ2n) is 10.9. The quantitative estimate of drug-likeness (QED) is 0.0801. The number of amides is 2. The smallest absolute Gasteiger partial charge is 0.269 e. The Morgan fingerprint density at radius 1 is 0.929 bits per heavy atom. The maximum absolute atomic E-state index is 13.8. The molecule has 4 rings (SSSR count). The number of aliphatic hydroxyl groups excluding tert-OH is 1. The molecule has 2 aliphatic heterocycles. The molecule has 2 aromatic carbocycles. The molecule has 1 fully saturated rings. The topological polar surface area (TPSA) is 142 Å². The Labute approximate surface area is 253 Å². The Morgan fingerprint density at radius 3 is 2.14 bits per heavy atom. The molecule has 0 saturated carbocycles. The molecule has 2 amide bonds. The lowest BCUT2D eigenvalue weighted by Crippen LogP contribution is -2.57. The lowest BCUT2D eigenvalue weighted by molar-refractivity contribution is -0.384. The summed E-state index contributed by atoms with van der Waals surface area (Å²) in [6.45, 7) is 2.55. The first-order chi connectivity index (χ1) is 19.8. The van der Waals surface area contributed by atoms with E-state index in [1.165, 1.54) is 49.1 Å². The molecule has 2 heterocycles. The fourth-order valence-corrected chi connectivity index (χ4v) is 5.63. The Morgan fingerprint density at radius 2 is 1.55 bits per heavy atom. The molecule has 2 aliphatic rings. The van der Waals surface area contributed by atoms with Crippen molar-refractivity contribution in [3.8, 4) is 0 Å². The van der Waals surface area contributed by atoms with E-state index in [1.807, 2.05) is 0 Å². The number of rotatable bonds is 15. The van der Waals surface area contributed by atoms with Crippen LogP contribution in [0.2, 0.25) is 0 Å². The zero-order valence-electron chi connectivity index (χ0n) is 24.1. The van der Waals surface area contributed by atoms with Crippen LogP contribution in [0.3, 0.4) is 0 Å². The van der Waals surface area contributed by atoms with Crippen molar-refractivity contribution in [1.82, 2.24) is 5.01 Å². The third-order valence-electron chi connectivity index (χ3n) is 7.97. The average molecular weight is 600 g/mol. The Kier molecular flexibility index (Phi) is 12.5. The summed E-state index contributed by atoms with van der Waals surface area (Å²) in [5.41, 5.74) is 10.7. The third-order valence-corrected chi connectivity index (χ3v) is 7.97. The number of nitro benzene ring substituents is 1. The maximum Gasteiger partial charge on any atom is 0.269 e. The van der Waals surface area contributed by atoms with E-state index in [-0.39, 0.29) is 24.0 Å². The van der Waals surface area contributed by atoms with E-state index in [2.05, 4.69) is 12.3 Å². The molecule has 0 radical (unpaired) electrons. The summed E-state index contributed by atoms with van der Waals surface area (Å²) in [6, 6.07) is 11.4. The number of carbonyl (C=O) groups is 2. The van der Waals surface area contributed by atoms with Gasteiger partial charge >= 0.3 is 0 Å². The molecular weight excluding hydrogens is 558 g/mol. The monoisotopic (exact) mass is 599 g/mol. The van der Waals surface area contributed by atoms with Crippen LogP contribution in [-0.4, -0.2) is 45.0 Å². The van der Waals surface area contributed by atoms with Crippen LogP contribution in [0, 0.1) is 16.0 Å². The van der Waals surface area contributed by atoms with Gasteiger partial charge in [0, 0.05) is 24.4 Å². The van der Waals surface area contributed by atoms with Gasteiger partial charge in [-0.25, -0.2) is 9.91 Å². The first-order valence-corrected chi connectivity index (χ1v) is 14.7. The van der Waals surface area contributed by atoms with Gasteiger partial charge in [-0.1, -0.05) is 82.6 Å². The molecular formula is C31H42ClN5O5. The van der Waals surface area contributed by atoms with E-state index < -0.39 is 34.9 Å². The van der Waals surface area contributed by atoms with Crippen molar-refractivity contribution < 1.29 is 19.6 Å². The highest BCUT2D eigenvalue weighted by Gasteiger charge is 2.54. The van der Waals surface area contributed by atoms with Crippen LogP contribution < -0.4 is 16.1 Å². The molecule has 4 atom stereocenters. The average Bonchev–Trinajstić information content (AvgIpc) is 3.24. The van der Waals surface area contributed by atoms with Gasteiger partial charge in [-0.05, 0) is 36.2 Å². The maximum atomic E-state index is 13.8. The highest BCUT2D eigenvalue weighted by Crippen LogP contribution is 2.36. The molecule has 1 unspecified atom stereocenters. The summed E-state index contributed by atoms with van der Waals surface area (Å²) in [7, 11) is 0. The number of imide groups is 1. The van der Waals surface area contributed by atoms with Gasteiger partial charge in [-0.15, -0.1) is 12.4 Å². The number of nitrogens with two attached hydrogens (primary N) is 1. The van der Waals surface area contributed by atoms with Crippen LogP contribution in [0.4, 0.5) is 17.1 Å². The highest BCUT2D eigenvalue weighted by molar-refractivity contribution is 6.24. The number of nitrogens with one attached hydrogen (secondary N) is 1. The summed E-state index contributed by atoms with van der Waals surface area (Å²) in [6.07, 6.45) is 12.5. The number of anilines is 2. The Bertz CT molecular complexity index is 1220. The van der Waals surface area contributed by atoms with E-state index in [9.17, 15) is 24.8 Å². The number of hydrogen-bond acceptors (Lipinski definition) is 8. The van der Waals surface area contributed by atoms with Gasteiger partial charge in [0.05, 0.1) is 28.7 Å². The number of halogens is 1. The first kappa shape index (κ1) is 33.2. The fourth-order valence-electron chi connectivity index (χ4n) is 5.63. The molecule has 11 heteroatoms. The number of fused-ring (bicyclic) bond motifs is 1. The molecule has 1 saturated heterocycles. The summed E-state index contributed by atoms with van der Waals surface area (Å²) in [4.78, 5) is 39.1. The van der Waals surface area contributed by atoms with E-state index in [0.717, 1.165) is 24.8 Å². The second-order valence-corrected chi connectivity index (χ2v) is 10.9. The van der Waals surface area contributed by atoms with E-state index >= 15 is 0 Å². The standard InChI is InChI=1S/C31H41N5O5.ClH/c1-2-3-4-5-6-7-8-9-10-28(37)27-20-19-26-29(35(27)33-23-13-17-25(18-14-23)36(40)41)31(39)34(30(26)38)24-15-11-22(21-32)12-16-24;/h11-20,26-29,33,37H,2-10,21,32H2,1H3;1H/t26-,27-,28?,29+;/m1./s1. The van der Waals surface area contributed by atoms with Crippen molar-refractivity contribution in [2.45, 2.75) is 89.4 Å². The summed E-state index contributed by atoms with van der Waals surface area (Å²) >= 11 is 0. The van der Waals surface area contributed by atoms with Crippen molar-refractivity contribution in [2.75, 3.05) is 10.3 Å². The first-order valence-electron chi connectivity index (χ1n) is 14.7. The number of hydrazine groups is 1. The minimum atomic E-state index is -0.893. The van der Waals surface area contributed by atoms with Gasteiger partial charge in [-0.3, -0.25) is 19.7 Å². The number of unbranched alkanes of at least 4 members (excludes halogenated alkanes) is 7. The third kappa shape index (κ3) is 7.74. The van der Waals surface area contributed by atoms with Crippen molar-refractivity contribution in [3.05, 3.63) is 76.4 Å². The van der Waals surface area contributed by atoms with Crippen LogP contribution in [0.5, 0.6) is 0 Å². The molecule has 0 spiro atoms. The lowest BCUT2D eigenvalue weighted by Gasteiger charge is -2.40. The number of non-ortho nitro benzene ring substituents is 1. The van der Waals surface area contributed by atoms with Gasteiger partial charge in [-0.2, -0.15) is 0 Å². The number of aliphatic hydroxyl groups is 1. The van der Waals surface area contributed by atoms with Crippen LogP contribution in [0.15, 0.2) is 60.7 Å². The van der Waals surface area contributed by atoms with Crippen molar-refractivity contribution >= 4 is 41.3 Å². The highest BCUT2D eigenvalue weighted by atomic mass is 35.5. The van der Waals surface area contributed by atoms with Crippen molar-refractivity contribution in [1.29, 1.82) is 0 Å². The van der Waals surface area contributed by atoms with Crippen LogP contribution >= 0.6 is 12.4 Å². The predicted molar refractivity (Wildman–Crippen MR) is 166 cm³/mol. The number of nitrogens with zero attached hydrogens (tertiary/aromatic N) is 3. The normalized spacial score (nSPS) is 20.7. The zero-order chi connectivity index (χ0) is 29.4. The van der Waals surface area contributed by atoms with Gasteiger partial charge in [0.25, 0.3) is 11.6 Å².